The molecule has 1 saturated heterocycles. The molecular weight excluding hydrogens is 182 g/mol. The minimum atomic E-state index is 0.654. The summed E-state index contributed by atoms with van der Waals surface area (Å²) in [6, 6.07) is 0. The Morgan fingerprint density at radius 1 is 1.27 bits per heavy atom. The second kappa shape index (κ2) is 5.32. The van der Waals surface area contributed by atoms with Crippen LogP contribution >= 0.6 is 0 Å². The lowest BCUT2D eigenvalue weighted by atomic mass is 9.87. The Hall–Kier alpha value is -0.820. The van der Waals surface area contributed by atoms with E-state index in [1.54, 1.807) is 0 Å². The first-order valence-corrected chi connectivity index (χ1v) is 6.08. The average molecular weight is 203 g/mol. The SMILES string of the molecule is CC1=CC=CC(CC2CCNCC2)C=C1. The van der Waals surface area contributed by atoms with Gasteiger partial charge >= 0.3 is 0 Å². The summed E-state index contributed by atoms with van der Waals surface area (Å²) in [6.07, 6.45) is 15.4. The van der Waals surface area contributed by atoms with Gasteiger partial charge in [0.1, 0.15) is 0 Å². The van der Waals surface area contributed by atoms with Crippen LogP contribution < -0.4 is 5.32 Å². The molecule has 1 heteroatoms. The van der Waals surface area contributed by atoms with Gasteiger partial charge in [0.05, 0.1) is 0 Å². The maximum absolute atomic E-state index is 3.43. The van der Waals surface area contributed by atoms with E-state index in [1.165, 1.54) is 37.9 Å². The molecule has 0 saturated carbocycles. The van der Waals surface area contributed by atoms with E-state index in [4.69, 9.17) is 0 Å². The molecule has 0 spiro atoms. The summed E-state index contributed by atoms with van der Waals surface area (Å²) in [5, 5.41) is 3.43. The van der Waals surface area contributed by atoms with Crippen molar-refractivity contribution in [3.8, 4) is 0 Å². The first kappa shape index (κ1) is 10.7. The highest BCUT2D eigenvalue weighted by Crippen LogP contribution is 2.24. The highest BCUT2D eigenvalue weighted by molar-refractivity contribution is 5.27. The van der Waals surface area contributed by atoms with Crippen LogP contribution in [0.5, 0.6) is 0 Å². The Labute approximate surface area is 93.0 Å². The summed E-state index contributed by atoms with van der Waals surface area (Å²) >= 11 is 0. The van der Waals surface area contributed by atoms with E-state index in [0.717, 1.165) is 5.92 Å². The van der Waals surface area contributed by atoms with Crippen molar-refractivity contribution < 1.29 is 0 Å². The molecule has 1 unspecified atom stereocenters. The van der Waals surface area contributed by atoms with Gasteiger partial charge in [-0.25, -0.2) is 0 Å². The van der Waals surface area contributed by atoms with Gasteiger partial charge in [0, 0.05) is 0 Å². The standard InChI is InChI=1S/C14H21N/c1-12-3-2-4-13(6-5-12)11-14-7-9-15-10-8-14/h2-6,13-15H,7-11H2,1H3. The van der Waals surface area contributed by atoms with Gasteiger partial charge in [-0.05, 0) is 51.1 Å². The Morgan fingerprint density at radius 2 is 2.07 bits per heavy atom. The van der Waals surface area contributed by atoms with E-state index < -0.39 is 0 Å². The number of piperidine rings is 1. The molecular formula is C14H21N. The first-order valence-electron chi connectivity index (χ1n) is 6.08. The summed E-state index contributed by atoms with van der Waals surface area (Å²) in [7, 11) is 0. The van der Waals surface area contributed by atoms with E-state index in [9.17, 15) is 0 Å². The highest BCUT2D eigenvalue weighted by atomic mass is 14.9. The van der Waals surface area contributed by atoms with Crippen molar-refractivity contribution in [1.29, 1.82) is 0 Å². The van der Waals surface area contributed by atoms with Crippen LogP contribution in [-0.2, 0) is 0 Å². The molecule has 82 valence electrons. The van der Waals surface area contributed by atoms with Crippen LogP contribution in [0.2, 0.25) is 0 Å². The molecule has 0 aromatic heterocycles. The van der Waals surface area contributed by atoms with E-state index >= 15 is 0 Å². The van der Waals surface area contributed by atoms with E-state index in [1.807, 2.05) is 0 Å². The van der Waals surface area contributed by atoms with Crippen molar-refractivity contribution in [1.82, 2.24) is 5.32 Å². The van der Waals surface area contributed by atoms with Crippen LogP contribution in [0.4, 0.5) is 0 Å². The molecule has 0 aromatic carbocycles. The van der Waals surface area contributed by atoms with Crippen LogP contribution in [0.15, 0.2) is 36.0 Å². The van der Waals surface area contributed by atoms with Gasteiger partial charge in [-0.1, -0.05) is 36.0 Å². The van der Waals surface area contributed by atoms with Gasteiger partial charge in [0.15, 0.2) is 0 Å². The predicted molar refractivity (Wildman–Crippen MR) is 65.7 cm³/mol. The second-order valence-corrected chi connectivity index (χ2v) is 4.75. The summed E-state index contributed by atoms with van der Waals surface area (Å²) < 4.78 is 0. The van der Waals surface area contributed by atoms with Gasteiger partial charge in [-0.15, -0.1) is 0 Å². The second-order valence-electron chi connectivity index (χ2n) is 4.75. The lowest BCUT2D eigenvalue weighted by Gasteiger charge is -2.24. The van der Waals surface area contributed by atoms with E-state index in [-0.39, 0.29) is 0 Å². The monoisotopic (exact) mass is 203 g/mol. The Balaban J connectivity index is 1.87. The van der Waals surface area contributed by atoms with E-state index in [0.29, 0.717) is 5.92 Å². The number of nitrogens with one attached hydrogen (secondary N) is 1. The fourth-order valence-electron chi connectivity index (χ4n) is 2.40. The minimum Gasteiger partial charge on any atom is -0.317 e. The van der Waals surface area contributed by atoms with Gasteiger partial charge in [0.25, 0.3) is 0 Å². The highest BCUT2D eigenvalue weighted by Gasteiger charge is 2.15. The van der Waals surface area contributed by atoms with Crippen molar-refractivity contribution in [3.63, 3.8) is 0 Å². The fraction of sp³-hybridized carbons (Fsp3) is 0.571. The molecule has 0 aromatic rings. The molecule has 1 N–H and O–H groups in total. The molecule has 1 heterocycles. The molecule has 1 aliphatic heterocycles. The zero-order valence-electron chi connectivity index (χ0n) is 9.58. The summed E-state index contributed by atoms with van der Waals surface area (Å²) in [4.78, 5) is 0. The van der Waals surface area contributed by atoms with Crippen LogP contribution in [0.1, 0.15) is 26.2 Å². The number of hydrogen-bond donors (Lipinski definition) is 1. The Bertz CT molecular complexity index is 280. The molecule has 0 amide bonds. The van der Waals surface area contributed by atoms with Crippen molar-refractivity contribution in [2.45, 2.75) is 26.2 Å². The zero-order valence-corrected chi connectivity index (χ0v) is 9.58. The zero-order chi connectivity index (χ0) is 10.5. The van der Waals surface area contributed by atoms with Gasteiger partial charge in [-0.2, -0.15) is 0 Å². The van der Waals surface area contributed by atoms with Crippen LogP contribution in [0.3, 0.4) is 0 Å². The molecule has 1 nitrogen and oxygen atoms in total. The molecule has 15 heavy (non-hydrogen) atoms. The molecule has 2 rings (SSSR count). The van der Waals surface area contributed by atoms with Crippen molar-refractivity contribution >= 4 is 0 Å². The maximum atomic E-state index is 3.43. The molecule has 1 atom stereocenters. The van der Waals surface area contributed by atoms with Gasteiger partial charge in [0.2, 0.25) is 0 Å². The molecule has 2 aliphatic rings. The van der Waals surface area contributed by atoms with Gasteiger partial charge in [-0.3, -0.25) is 0 Å². The van der Waals surface area contributed by atoms with Crippen LogP contribution in [-0.4, -0.2) is 13.1 Å². The maximum Gasteiger partial charge on any atom is -0.00445 e. The van der Waals surface area contributed by atoms with Crippen molar-refractivity contribution in [2.75, 3.05) is 13.1 Å². The molecule has 0 bridgehead atoms. The smallest absolute Gasteiger partial charge is 0.00445 e. The summed E-state index contributed by atoms with van der Waals surface area (Å²) in [5.41, 5.74) is 1.36. The predicted octanol–water partition coefficient (Wildman–Crippen LogP) is 3.06. The fourth-order valence-corrected chi connectivity index (χ4v) is 2.40. The molecule has 0 radical (unpaired) electrons. The minimum absolute atomic E-state index is 0.654. The molecule has 1 aliphatic carbocycles. The van der Waals surface area contributed by atoms with Crippen molar-refractivity contribution in [2.24, 2.45) is 11.8 Å². The third-order valence-corrected chi connectivity index (χ3v) is 3.39. The summed E-state index contributed by atoms with van der Waals surface area (Å²) in [6.45, 7) is 4.58. The first-order chi connectivity index (χ1) is 7.34. The molecule has 1 fully saturated rings. The average Bonchev–Trinajstić information content (AvgIpc) is 2.46. The number of allylic oxidation sites excluding steroid dienone is 6. The Kier molecular flexibility index (Phi) is 3.79. The topological polar surface area (TPSA) is 12.0 Å². The largest absolute Gasteiger partial charge is 0.317 e. The van der Waals surface area contributed by atoms with Crippen LogP contribution in [0.25, 0.3) is 0 Å². The summed E-state index contributed by atoms with van der Waals surface area (Å²) in [5.74, 6) is 1.57. The lowest BCUT2D eigenvalue weighted by molar-refractivity contribution is 0.338. The number of hydrogen-bond acceptors (Lipinski definition) is 1. The normalized spacial score (nSPS) is 27.5. The number of rotatable bonds is 2. The quantitative estimate of drug-likeness (QED) is 0.727. The van der Waals surface area contributed by atoms with Gasteiger partial charge < -0.3 is 5.32 Å². The van der Waals surface area contributed by atoms with Crippen LogP contribution in [0, 0.1) is 11.8 Å². The Morgan fingerprint density at radius 3 is 2.87 bits per heavy atom. The third kappa shape index (κ3) is 3.35. The lowest BCUT2D eigenvalue weighted by Crippen LogP contribution is -2.28. The van der Waals surface area contributed by atoms with E-state index in [2.05, 4.69) is 42.6 Å². The van der Waals surface area contributed by atoms with Crippen molar-refractivity contribution in [3.05, 3.63) is 36.0 Å². The third-order valence-electron chi connectivity index (χ3n) is 3.39.